The lowest BCUT2D eigenvalue weighted by molar-refractivity contribution is -0.139. The normalized spacial score (nSPS) is 16.9. The van der Waals surface area contributed by atoms with Crippen LogP contribution in [-0.2, 0) is 16.0 Å². The number of nitrogen functional groups attached to an aromatic ring is 1. The molecule has 3 aromatic rings. The SMILES string of the molecule is Cc1nc(N)c2ccc([C@H]3CN(C(=O)CCc4cccc(Cl)c4)CCO3)nc2n1. The first-order valence-corrected chi connectivity index (χ1v) is 9.92. The molecule has 1 aliphatic heterocycles. The number of carbonyl (C=O) groups excluding carboxylic acids is 1. The molecule has 150 valence electrons. The van der Waals surface area contributed by atoms with Gasteiger partial charge in [0.2, 0.25) is 5.91 Å². The highest BCUT2D eigenvalue weighted by molar-refractivity contribution is 6.30. The third-order valence-corrected chi connectivity index (χ3v) is 5.22. The predicted octanol–water partition coefficient (Wildman–Crippen LogP) is 3.10. The van der Waals surface area contributed by atoms with Crippen LogP contribution in [-0.4, -0.2) is 45.5 Å². The standard InChI is InChI=1S/C21H22ClN5O2/c1-13-24-20(23)16-6-7-17(26-21(16)25-13)18-12-27(9-10-29-18)19(28)8-5-14-3-2-4-15(22)11-14/h2-4,6-7,11,18H,5,8-10,12H2,1H3,(H2,23,24,25,26)/t18-/m1/s1. The minimum atomic E-state index is -0.292. The van der Waals surface area contributed by atoms with Crippen LogP contribution >= 0.6 is 11.6 Å². The Balaban J connectivity index is 1.45. The topological polar surface area (TPSA) is 94.2 Å². The van der Waals surface area contributed by atoms with E-state index in [9.17, 15) is 4.79 Å². The third kappa shape index (κ3) is 4.46. The maximum atomic E-state index is 12.7. The van der Waals surface area contributed by atoms with Gasteiger partial charge < -0.3 is 15.4 Å². The second-order valence-electron chi connectivity index (χ2n) is 7.09. The first-order chi connectivity index (χ1) is 14.0. The molecule has 7 nitrogen and oxygen atoms in total. The molecule has 2 N–H and O–H groups in total. The second-order valence-corrected chi connectivity index (χ2v) is 7.53. The Bertz CT molecular complexity index is 1060. The van der Waals surface area contributed by atoms with Gasteiger partial charge in [-0.15, -0.1) is 0 Å². The number of aryl methyl sites for hydroxylation is 2. The van der Waals surface area contributed by atoms with Crippen molar-refractivity contribution in [3.05, 3.63) is 58.5 Å². The van der Waals surface area contributed by atoms with Crippen LogP contribution < -0.4 is 5.73 Å². The van der Waals surface area contributed by atoms with Crippen LogP contribution in [0.25, 0.3) is 11.0 Å². The number of hydrogen-bond donors (Lipinski definition) is 1. The number of pyridine rings is 1. The molecule has 1 amide bonds. The van der Waals surface area contributed by atoms with Gasteiger partial charge in [-0.05, 0) is 43.2 Å². The fraction of sp³-hybridized carbons (Fsp3) is 0.333. The van der Waals surface area contributed by atoms with Gasteiger partial charge in [-0.1, -0.05) is 23.7 Å². The summed E-state index contributed by atoms with van der Waals surface area (Å²) < 4.78 is 5.88. The van der Waals surface area contributed by atoms with Crippen molar-refractivity contribution < 1.29 is 9.53 Å². The number of morpholine rings is 1. The van der Waals surface area contributed by atoms with E-state index in [1.807, 2.05) is 41.3 Å². The first-order valence-electron chi connectivity index (χ1n) is 9.54. The Labute approximate surface area is 173 Å². The van der Waals surface area contributed by atoms with Crippen molar-refractivity contribution in [1.29, 1.82) is 0 Å². The number of anilines is 1. The number of fused-ring (bicyclic) bond motifs is 1. The second kappa shape index (κ2) is 8.31. The number of rotatable bonds is 4. The zero-order chi connectivity index (χ0) is 20.4. The number of aromatic nitrogens is 3. The molecule has 1 aromatic carbocycles. The lowest BCUT2D eigenvalue weighted by Crippen LogP contribution is -2.42. The van der Waals surface area contributed by atoms with Crippen molar-refractivity contribution in [2.24, 2.45) is 0 Å². The average Bonchev–Trinajstić information content (AvgIpc) is 2.71. The van der Waals surface area contributed by atoms with E-state index < -0.39 is 0 Å². The van der Waals surface area contributed by atoms with Crippen LogP contribution in [0.5, 0.6) is 0 Å². The van der Waals surface area contributed by atoms with Crippen molar-refractivity contribution in [2.75, 3.05) is 25.4 Å². The van der Waals surface area contributed by atoms with Gasteiger partial charge in [0.25, 0.3) is 0 Å². The van der Waals surface area contributed by atoms with Crippen LogP contribution in [0.1, 0.15) is 29.6 Å². The highest BCUT2D eigenvalue weighted by Gasteiger charge is 2.26. The van der Waals surface area contributed by atoms with Gasteiger partial charge in [-0.25, -0.2) is 15.0 Å². The molecular formula is C21H22ClN5O2. The zero-order valence-electron chi connectivity index (χ0n) is 16.1. The Morgan fingerprint density at radius 1 is 1.28 bits per heavy atom. The summed E-state index contributed by atoms with van der Waals surface area (Å²) in [7, 11) is 0. The van der Waals surface area contributed by atoms with Crippen LogP contribution in [0.3, 0.4) is 0 Å². The van der Waals surface area contributed by atoms with Crippen LogP contribution in [0.4, 0.5) is 5.82 Å². The minimum Gasteiger partial charge on any atom is -0.383 e. The Hall–Kier alpha value is -2.77. The summed E-state index contributed by atoms with van der Waals surface area (Å²) >= 11 is 6.02. The van der Waals surface area contributed by atoms with Gasteiger partial charge in [-0.3, -0.25) is 4.79 Å². The molecule has 0 aliphatic carbocycles. The van der Waals surface area contributed by atoms with Crippen molar-refractivity contribution >= 4 is 34.4 Å². The maximum Gasteiger partial charge on any atom is 0.223 e. The zero-order valence-corrected chi connectivity index (χ0v) is 16.9. The molecule has 8 heteroatoms. The van der Waals surface area contributed by atoms with Gasteiger partial charge >= 0.3 is 0 Å². The molecule has 0 spiro atoms. The quantitative estimate of drug-likeness (QED) is 0.708. The predicted molar refractivity (Wildman–Crippen MR) is 112 cm³/mol. The Morgan fingerprint density at radius 2 is 2.14 bits per heavy atom. The molecule has 29 heavy (non-hydrogen) atoms. The van der Waals surface area contributed by atoms with Gasteiger partial charge in [0.1, 0.15) is 17.7 Å². The van der Waals surface area contributed by atoms with Crippen molar-refractivity contribution in [3.63, 3.8) is 0 Å². The number of carbonyl (C=O) groups is 1. The average molecular weight is 412 g/mol. The van der Waals surface area contributed by atoms with Gasteiger partial charge in [0, 0.05) is 18.0 Å². The lowest BCUT2D eigenvalue weighted by atomic mass is 10.1. The molecule has 2 aromatic heterocycles. The minimum absolute atomic E-state index is 0.0986. The highest BCUT2D eigenvalue weighted by Crippen LogP contribution is 2.25. The van der Waals surface area contributed by atoms with Crippen molar-refractivity contribution in [2.45, 2.75) is 25.9 Å². The Kier molecular flexibility index (Phi) is 5.60. The van der Waals surface area contributed by atoms with Gasteiger partial charge in [0.15, 0.2) is 5.65 Å². The van der Waals surface area contributed by atoms with E-state index in [0.717, 1.165) is 11.3 Å². The van der Waals surface area contributed by atoms with E-state index in [1.54, 1.807) is 6.92 Å². The number of benzene rings is 1. The Morgan fingerprint density at radius 3 is 2.97 bits per heavy atom. The van der Waals surface area contributed by atoms with E-state index in [-0.39, 0.29) is 12.0 Å². The number of ether oxygens (including phenoxy) is 1. The molecule has 0 saturated carbocycles. The molecule has 4 rings (SSSR count). The molecular weight excluding hydrogens is 390 g/mol. The third-order valence-electron chi connectivity index (χ3n) is 4.99. The molecule has 1 aliphatic rings. The van der Waals surface area contributed by atoms with E-state index in [4.69, 9.17) is 22.1 Å². The number of nitrogens with two attached hydrogens (primary N) is 1. The van der Waals surface area contributed by atoms with Gasteiger partial charge in [-0.2, -0.15) is 0 Å². The van der Waals surface area contributed by atoms with E-state index in [0.29, 0.717) is 60.2 Å². The highest BCUT2D eigenvalue weighted by atomic mass is 35.5. The largest absolute Gasteiger partial charge is 0.383 e. The molecule has 1 saturated heterocycles. The number of nitrogens with zero attached hydrogens (tertiary/aromatic N) is 4. The van der Waals surface area contributed by atoms with Crippen LogP contribution in [0.15, 0.2) is 36.4 Å². The molecule has 1 fully saturated rings. The summed E-state index contributed by atoms with van der Waals surface area (Å²) in [5, 5.41) is 1.40. The van der Waals surface area contributed by atoms with E-state index in [2.05, 4.69) is 15.0 Å². The van der Waals surface area contributed by atoms with Crippen LogP contribution in [0, 0.1) is 6.92 Å². The first kappa shape index (κ1) is 19.5. The fourth-order valence-electron chi connectivity index (χ4n) is 3.50. The summed E-state index contributed by atoms with van der Waals surface area (Å²) in [5.41, 5.74) is 8.29. The number of hydrogen-bond acceptors (Lipinski definition) is 6. The van der Waals surface area contributed by atoms with E-state index in [1.165, 1.54) is 0 Å². The van der Waals surface area contributed by atoms with Crippen molar-refractivity contribution in [1.82, 2.24) is 19.9 Å². The summed E-state index contributed by atoms with van der Waals surface area (Å²) in [5.74, 6) is 1.08. The lowest BCUT2D eigenvalue weighted by Gasteiger charge is -2.32. The monoisotopic (exact) mass is 411 g/mol. The molecule has 0 radical (unpaired) electrons. The smallest absolute Gasteiger partial charge is 0.223 e. The fourth-order valence-corrected chi connectivity index (χ4v) is 3.71. The molecule has 1 atom stereocenters. The van der Waals surface area contributed by atoms with Crippen molar-refractivity contribution in [3.8, 4) is 0 Å². The summed E-state index contributed by atoms with van der Waals surface area (Å²) in [6, 6.07) is 11.3. The number of amides is 1. The summed E-state index contributed by atoms with van der Waals surface area (Å²) in [6.07, 6.45) is 0.798. The molecule has 0 unspecified atom stereocenters. The number of halogens is 1. The summed E-state index contributed by atoms with van der Waals surface area (Å²) in [6.45, 7) is 3.29. The van der Waals surface area contributed by atoms with E-state index >= 15 is 0 Å². The summed E-state index contributed by atoms with van der Waals surface area (Å²) in [4.78, 5) is 27.7. The molecule has 0 bridgehead atoms. The van der Waals surface area contributed by atoms with Crippen LogP contribution in [0.2, 0.25) is 5.02 Å². The molecule has 3 heterocycles. The van der Waals surface area contributed by atoms with Gasteiger partial charge in [0.05, 0.1) is 24.2 Å². The maximum absolute atomic E-state index is 12.7.